The second kappa shape index (κ2) is 4.30. The molecule has 1 aromatic heterocycles. The first-order valence-electron chi connectivity index (χ1n) is 7.92. The van der Waals surface area contributed by atoms with Crippen LogP contribution in [0.2, 0.25) is 0 Å². The lowest BCUT2D eigenvalue weighted by Gasteiger charge is -2.29. The second-order valence-corrected chi connectivity index (χ2v) is 6.85. The summed E-state index contributed by atoms with van der Waals surface area (Å²) < 4.78 is 2.44. The van der Waals surface area contributed by atoms with Crippen LogP contribution in [0.5, 0.6) is 0 Å². The minimum Gasteiger partial charge on any atom is -0.327 e. The van der Waals surface area contributed by atoms with Crippen molar-refractivity contribution in [3.8, 4) is 0 Å². The van der Waals surface area contributed by atoms with Crippen molar-refractivity contribution >= 4 is 0 Å². The van der Waals surface area contributed by atoms with E-state index in [2.05, 4.69) is 21.7 Å². The lowest BCUT2D eigenvalue weighted by atomic mass is 9.84. The molecule has 3 fully saturated rings. The normalized spacial score (nSPS) is 38.4. The van der Waals surface area contributed by atoms with Crippen LogP contribution in [0.4, 0.5) is 0 Å². The number of hydrogen-bond acceptors (Lipinski definition) is 3. The summed E-state index contributed by atoms with van der Waals surface area (Å²) in [5.74, 6) is 4.29. The van der Waals surface area contributed by atoms with Gasteiger partial charge in [0.2, 0.25) is 0 Å². The molecule has 4 heteroatoms. The van der Waals surface area contributed by atoms with E-state index >= 15 is 0 Å². The van der Waals surface area contributed by atoms with Crippen LogP contribution in [0.15, 0.2) is 0 Å². The van der Waals surface area contributed by atoms with Crippen molar-refractivity contribution in [2.45, 2.75) is 69.9 Å². The van der Waals surface area contributed by atoms with Gasteiger partial charge in [-0.05, 0) is 50.9 Å². The molecule has 19 heavy (non-hydrogen) atoms. The van der Waals surface area contributed by atoms with E-state index in [1.807, 2.05) is 0 Å². The Morgan fingerprint density at radius 1 is 1.05 bits per heavy atom. The molecule has 0 saturated heterocycles. The van der Waals surface area contributed by atoms with E-state index < -0.39 is 0 Å². The van der Waals surface area contributed by atoms with E-state index in [0.29, 0.717) is 18.0 Å². The summed E-state index contributed by atoms with van der Waals surface area (Å²) in [6, 6.07) is 0.957. The van der Waals surface area contributed by atoms with Crippen LogP contribution in [0.25, 0.3) is 0 Å². The molecule has 3 aliphatic rings. The maximum absolute atomic E-state index is 6.49. The first-order valence-corrected chi connectivity index (χ1v) is 7.92. The molecular weight excluding hydrogens is 236 g/mol. The third kappa shape index (κ3) is 1.69. The van der Waals surface area contributed by atoms with Crippen molar-refractivity contribution in [2.75, 3.05) is 0 Å². The zero-order valence-electron chi connectivity index (χ0n) is 11.8. The van der Waals surface area contributed by atoms with Crippen LogP contribution >= 0.6 is 0 Å². The van der Waals surface area contributed by atoms with Crippen LogP contribution in [0.3, 0.4) is 0 Å². The fraction of sp³-hybridized carbons (Fsp3) is 0.867. The number of nitrogens with two attached hydrogens (primary N) is 1. The minimum atomic E-state index is 0.322. The van der Waals surface area contributed by atoms with Gasteiger partial charge < -0.3 is 10.3 Å². The van der Waals surface area contributed by atoms with Gasteiger partial charge in [-0.1, -0.05) is 12.8 Å². The van der Waals surface area contributed by atoms with Crippen LogP contribution in [-0.4, -0.2) is 20.8 Å². The Morgan fingerprint density at radius 3 is 2.47 bits per heavy atom. The third-order valence-corrected chi connectivity index (χ3v) is 5.86. The van der Waals surface area contributed by atoms with Crippen LogP contribution in [0, 0.1) is 18.8 Å². The van der Waals surface area contributed by atoms with E-state index in [1.165, 1.54) is 50.8 Å². The van der Waals surface area contributed by atoms with Crippen molar-refractivity contribution in [1.29, 1.82) is 0 Å². The predicted octanol–water partition coefficient (Wildman–Crippen LogP) is 2.54. The van der Waals surface area contributed by atoms with Gasteiger partial charge in [-0.15, -0.1) is 10.2 Å². The van der Waals surface area contributed by atoms with Crippen molar-refractivity contribution in [1.82, 2.24) is 14.8 Å². The van der Waals surface area contributed by atoms with Crippen molar-refractivity contribution in [3.63, 3.8) is 0 Å². The molecule has 0 radical (unpaired) electrons. The largest absolute Gasteiger partial charge is 0.327 e. The number of aryl methyl sites for hydroxylation is 1. The van der Waals surface area contributed by atoms with Gasteiger partial charge in [-0.25, -0.2) is 0 Å². The van der Waals surface area contributed by atoms with Crippen molar-refractivity contribution in [2.24, 2.45) is 17.6 Å². The summed E-state index contributed by atoms with van der Waals surface area (Å²) >= 11 is 0. The van der Waals surface area contributed by atoms with Gasteiger partial charge in [-0.3, -0.25) is 0 Å². The molecule has 0 amide bonds. The van der Waals surface area contributed by atoms with Crippen LogP contribution < -0.4 is 5.73 Å². The quantitative estimate of drug-likeness (QED) is 0.889. The highest BCUT2D eigenvalue weighted by atomic mass is 15.3. The molecule has 3 aliphatic carbocycles. The Hall–Kier alpha value is -0.900. The molecule has 0 aromatic carbocycles. The first-order chi connectivity index (χ1) is 9.25. The molecule has 0 spiro atoms. The molecule has 0 aliphatic heterocycles. The number of aromatic nitrogens is 3. The molecule has 4 nitrogen and oxygen atoms in total. The zero-order valence-corrected chi connectivity index (χ0v) is 11.8. The first kappa shape index (κ1) is 11.9. The maximum Gasteiger partial charge on any atom is 0.138 e. The molecule has 104 valence electrons. The molecular formula is C15H24N4. The number of nitrogens with zero attached hydrogens (tertiary/aromatic N) is 3. The van der Waals surface area contributed by atoms with Gasteiger partial charge in [-0.2, -0.15) is 0 Å². The average molecular weight is 260 g/mol. The number of fused-ring (bicyclic) bond motifs is 2. The number of hydrogen-bond donors (Lipinski definition) is 1. The van der Waals surface area contributed by atoms with Crippen molar-refractivity contribution in [3.05, 3.63) is 11.6 Å². The summed E-state index contributed by atoms with van der Waals surface area (Å²) in [5, 5.41) is 8.93. The third-order valence-electron chi connectivity index (χ3n) is 5.86. The molecule has 2 N–H and O–H groups in total. The van der Waals surface area contributed by atoms with E-state index in [4.69, 9.17) is 5.73 Å². The summed E-state index contributed by atoms with van der Waals surface area (Å²) in [6.45, 7) is 2.10. The topological polar surface area (TPSA) is 56.7 Å². The van der Waals surface area contributed by atoms with Gasteiger partial charge >= 0.3 is 0 Å². The van der Waals surface area contributed by atoms with E-state index in [1.54, 1.807) is 0 Å². The highest BCUT2D eigenvalue weighted by molar-refractivity contribution is 5.16. The predicted molar refractivity (Wildman–Crippen MR) is 73.8 cm³/mol. The van der Waals surface area contributed by atoms with Gasteiger partial charge in [0.1, 0.15) is 11.6 Å². The second-order valence-electron chi connectivity index (χ2n) is 6.85. The Kier molecular flexibility index (Phi) is 2.69. The minimum absolute atomic E-state index is 0.322. The fourth-order valence-corrected chi connectivity index (χ4v) is 4.95. The summed E-state index contributed by atoms with van der Waals surface area (Å²) in [5.41, 5.74) is 6.49. The lowest BCUT2D eigenvalue weighted by Crippen LogP contribution is -2.36. The van der Waals surface area contributed by atoms with Crippen LogP contribution in [-0.2, 0) is 0 Å². The highest BCUT2D eigenvalue weighted by Gasteiger charge is 2.48. The van der Waals surface area contributed by atoms with E-state index in [9.17, 15) is 0 Å². The van der Waals surface area contributed by atoms with E-state index in [-0.39, 0.29) is 0 Å². The Morgan fingerprint density at radius 2 is 1.79 bits per heavy atom. The number of rotatable bonds is 2. The Balaban J connectivity index is 1.71. The summed E-state index contributed by atoms with van der Waals surface area (Å²) in [7, 11) is 0. The Labute approximate surface area is 114 Å². The molecule has 1 aromatic rings. The summed E-state index contributed by atoms with van der Waals surface area (Å²) in [6.07, 6.45) is 9.29. The maximum atomic E-state index is 6.49. The van der Waals surface area contributed by atoms with Crippen molar-refractivity contribution < 1.29 is 0 Å². The monoisotopic (exact) mass is 260 g/mol. The lowest BCUT2D eigenvalue weighted by molar-refractivity contribution is 0.335. The molecule has 4 unspecified atom stereocenters. The molecule has 1 heterocycles. The molecule has 3 saturated carbocycles. The van der Waals surface area contributed by atoms with Gasteiger partial charge in [0.25, 0.3) is 0 Å². The van der Waals surface area contributed by atoms with Gasteiger partial charge in [0.05, 0.1) is 0 Å². The van der Waals surface area contributed by atoms with Gasteiger partial charge in [0, 0.05) is 18.0 Å². The van der Waals surface area contributed by atoms with Crippen LogP contribution in [0.1, 0.15) is 68.6 Å². The smallest absolute Gasteiger partial charge is 0.138 e. The Bertz CT molecular complexity index is 472. The zero-order chi connectivity index (χ0) is 13.0. The highest BCUT2D eigenvalue weighted by Crippen LogP contribution is 2.52. The SMILES string of the molecule is Cc1nnc(C2C3CCC(C3)C2N)n1C1CCCC1. The van der Waals surface area contributed by atoms with Gasteiger partial charge in [0.15, 0.2) is 0 Å². The average Bonchev–Trinajstić information content (AvgIpc) is 3.11. The molecule has 2 bridgehead atoms. The van der Waals surface area contributed by atoms with E-state index in [0.717, 1.165) is 17.7 Å². The standard InChI is InChI=1S/C15H24N4/c1-9-17-18-15(19(9)12-4-2-3-5-12)13-10-6-7-11(8-10)14(13)16/h10-14H,2-8,16H2,1H3. The molecule has 4 atom stereocenters. The summed E-state index contributed by atoms with van der Waals surface area (Å²) in [4.78, 5) is 0. The molecule has 4 rings (SSSR count). The fourth-order valence-electron chi connectivity index (χ4n) is 4.95.